The molecule has 1 nitrogen and oxygen atoms in total. The molecule has 2 heteroatoms. The minimum atomic E-state index is 0. The first-order chi connectivity index (χ1) is 4.47. The minimum absolute atomic E-state index is 0. The number of rotatable bonds is 0. The van der Waals surface area contributed by atoms with Gasteiger partial charge >= 0.3 is 0 Å². The van der Waals surface area contributed by atoms with Gasteiger partial charge in [0.2, 0.25) is 0 Å². The summed E-state index contributed by atoms with van der Waals surface area (Å²) in [5.74, 6) is 1.05. The molecule has 2 rings (SSSR count). The summed E-state index contributed by atoms with van der Waals surface area (Å²) in [5.41, 5.74) is 0. The van der Waals surface area contributed by atoms with Gasteiger partial charge in [-0.15, -0.1) is 12.4 Å². The maximum Gasteiger partial charge on any atom is 0.00953 e. The zero-order valence-corrected chi connectivity index (χ0v) is 7.12. The van der Waals surface area contributed by atoms with Crippen LogP contribution in [0.1, 0.15) is 32.1 Å². The largest absolute Gasteiger partial charge is 0.314 e. The molecule has 1 saturated heterocycles. The highest BCUT2D eigenvalue weighted by atomic mass is 35.5. The lowest BCUT2D eigenvalue weighted by molar-refractivity contribution is 0.318. The molecule has 0 spiro atoms. The standard InChI is InChI=1S/C8H15N.ClH/c1-3-7-4-2-6-9-8(7)5-1;/h7-9H,1-6H2;1H. The topological polar surface area (TPSA) is 12.0 Å². The van der Waals surface area contributed by atoms with Crippen molar-refractivity contribution in [1.82, 2.24) is 5.32 Å². The molecule has 1 N–H and O–H groups in total. The molecule has 1 aliphatic carbocycles. The number of piperidine rings is 1. The molecule has 2 fully saturated rings. The molecule has 0 aromatic carbocycles. The molecule has 2 atom stereocenters. The maximum absolute atomic E-state index is 3.58. The van der Waals surface area contributed by atoms with Crippen LogP contribution in [0.15, 0.2) is 0 Å². The number of hydrogen-bond donors (Lipinski definition) is 1. The van der Waals surface area contributed by atoms with Crippen molar-refractivity contribution in [3.8, 4) is 0 Å². The third-order valence-corrected chi connectivity index (χ3v) is 2.82. The van der Waals surface area contributed by atoms with Gasteiger partial charge in [-0.3, -0.25) is 0 Å². The first-order valence-corrected chi connectivity index (χ1v) is 4.20. The van der Waals surface area contributed by atoms with Crippen LogP contribution in [0.2, 0.25) is 0 Å². The summed E-state index contributed by atoms with van der Waals surface area (Å²) < 4.78 is 0. The summed E-state index contributed by atoms with van der Waals surface area (Å²) in [6, 6.07) is 0.916. The lowest BCUT2D eigenvalue weighted by Gasteiger charge is -2.26. The van der Waals surface area contributed by atoms with Crippen LogP contribution in [0.25, 0.3) is 0 Å². The van der Waals surface area contributed by atoms with E-state index in [0.29, 0.717) is 0 Å². The van der Waals surface area contributed by atoms with Crippen LogP contribution < -0.4 is 5.32 Å². The molecule has 10 heavy (non-hydrogen) atoms. The van der Waals surface area contributed by atoms with Gasteiger partial charge in [0.05, 0.1) is 0 Å². The molecule has 1 saturated carbocycles. The average Bonchev–Trinajstić information content (AvgIpc) is 2.33. The minimum Gasteiger partial charge on any atom is -0.314 e. The fourth-order valence-electron chi connectivity index (χ4n) is 2.30. The van der Waals surface area contributed by atoms with Crippen LogP contribution in [0.4, 0.5) is 0 Å². The van der Waals surface area contributed by atoms with E-state index in [2.05, 4.69) is 5.32 Å². The van der Waals surface area contributed by atoms with E-state index in [1.54, 1.807) is 0 Å². The summed E-state index contributed by atoms with van der Waals surface area (Å²) in [5, 5.41) is 3.58. The third-order valence-electron chi connectivity index (χ3n) is 2.82. The fraction of sp³-hybridized carbons (Fsp3) is 1.00. The van der Waals surface area contributed by atoms with E-state index in [4.69, 9.17) is 0 Å². The van der Waals surface area contributed by atoms with Crippen molar-refractivity contribution in [2.24, 2.45) is 5.92 Å². The van der Waals surface area contributed by atoms with Gasteiger partial charge in [0.15, 0.2) is 0 Å². The molecule has 0 aromatic rings. The van der Waals surface area contributed by atoms with Crippen molar-refractivity contribution in [1.29, 1.82) is 0 Å². The van der Waals surface area contributed by atoms with Crippen LogP contribution in [0.3, 0.4) is 0 Å². The molecule has 0 aromatic heterocycles. The van der Waals surface area contributed by atoms with Crippen molar-refractivity contribution in [2.45, 2.75) is 38.1 Å². The molecule has 0 radical (unpaired) electrons. The van der Waals surface area contributed by atoms with E-state index in [9.17, 15) is 0 Å². The Labute approximate surface area is 69.0 Å². The maximum atomic E-state index is 3.58. The Morgan fingerprint density at radius 1 is 1.00 bits per heavy atom. The molecular weight excluding hydrogens is 146 g/mol. The second-order valence-corrected chi connectivity index (χ2v) is 3.39. The molecule has 1 aliphatic heterocycles. The fourth-order valence-corrected chi connectivity index (χ4v) is 2.30. The Bertz CT molecular complexity index is 93.4. The highest BCUT2D eigenvalue weighted by Gasteiger charge is 2.28. The van der Waals surface area contributed by atoms with Crippen molar-refractivity contribution in [2.75, 3.05) is 6.54 Å². The Kier molecular flexibility index (Phi) is 2.99. The van der Waals surface area contributed by atoms with Gasteiger partial charge in [-0.05, 0) is 38.1 Å². The predicted molar refractivity (Wildman–Crippen MR) is 45.6 cm³/mol. The van der Waals surface area contributed by atoms with Gasteiger partial charge in [0.25, 0.3) is 0 Å². The first kappa shape index (κ1) is 8.35. The summed E-state index contributed by atoms with van der Waals surface area (Å²) in [4.78, 5) is 0. The van der Waals surface area contributed by atoms with Gasteiger partial charge in [0, 0.05) is 6.04 Å². The molecule has 1 heterocycles. The van der Waals surface area contributed by atoms with E-state index in [-0.39, 0.29) is 12.4 Å². The molecule has 60 valence electrons. The molecule has 0 bridgehead atoms. The van der Waals surface area contributed by atoms with Gasteiger partial charge in [-0.1, -0.05) is 6.42 Å². The Morgan fingerprint density at radius 3 is 2.60 bits per heavy atom. The van der Waals surface area contributed by atoms with E-state index < -0.39 is 0 Å². The van der Waals surface area contributed by atoms with Gasteiger partial charge < -0.3 is 5.32 Å². The normalized spacial score (nSPS) is 38.4. The molecule has 0 amide bonds. The summed E-state index contributed by atoms with van der Waals surface area (Å²) in [7, 11) is 0. The quantitative estimate of drug-likeness (QED) is 0.573. The van der Waals surface area contributed by atoms with Crippen LogP contribution >= 0.6 is 12.4 Å². The second kappa shape index (κ2) is 3.59. The van der Waals surface area contributed by atoms with Crippen molar-refractivity contribution in [3.63, 3.8) is 0 Å². The van der Waals surface area contributed by atoms with Crippen LogP contribution in [-0.4, -0.2) is 12.6 Å². The van der Waals surface area contributed by atoms with Gasteiger partial charge in [0.1, 0.15) is 0 Å². The number of fused-ring (bicyclic) bond motifs is 1. The number of halogens is 1. The number of hydrogen-bond acceptors (Lipinski definition) is 1. The van der Waals surface area contributed by atoms with E-state index in [1.165, 1.54) is 38.6 Å². The second-order valence-electron chi connectivity index (χ2n) is 3.39. The Balaban J connectivity index is 0.000000500. The molecular formula is C8H16ClN. The van der Waals surface area contributed by atoms with Gasteiger partial charge in [-0.2, -0.15) is 0 Å². The van der Waals surface area contributed by atoms with Crippen molar-refractivity contribution in [3.05, 3.63) is 0 Å². The highest BCUT2D eigenvalue weighted by molar-refractivity contribution is 5.85. The van der Waals surface area contributed by atoms with Crippen LogP contribution in [0.5, 0.6) is 0 Å². The van der Waals surface area contributed by atoms with E-state index >= 15 is 0 Å². The van der Waals surface area contributed by atoms with Crippen molar-refractivity contribution < 1.29 is 0 Å². The summed E-state index contributed by atoms with van der Waals surface area (Å²) in [6.07, 6.45) is 7.34. The molecule has 2 aliphatic rings. The Hall–Kier alpha value is 0.250. The van der Waals surface area contributed by atoms with Crippen LogP contribution in [-0.2, 0) is 0 Å². The SMILES string of the molecule is C1CNC2CCCC2C1.Cl. The predicted octanol–water partition coefficient (Wildman–Crippen LogP) is 1.96. The third kappa shape index (κ3) is 1.46. The first-order valence-electron chi connectivity index (χ1n) is 4.20. The summed E-state index contributed by atoms with van der Waals surface area (Å²) >= 11 is 0. The van der Waals surface area contributed by atoms with Crippen LogP contribution in [0, 0.1) is 5.92 Å². The average molecular weight is 162 g/mol. The monoisotopic (exact) mass is 161 g/mol. The van der Waals surface area contributed by atoms with E-state index in [1.807, 2.05) is 0 Å². The Morgan fingerprint density at radius 2 is 1.80 bits per heavy atom. The zero-order valence-electron chi connectivity index (χ0n) is 6.31. The van der Waals surface area contributed by atoms with Crippen molar-refractivity contribution >= 4 is 12.4 Å². The van der Waals surface area contributed by atoms with E-state index in [0.717, 1.165) is 12.0 Å². The molecule has 2 unspecified atom stereocenters. The summed E-state index contributed by atoms with van der Waals surface area (Å²) in [6.45, 7) is 1.28. The highest BCUT2D eigenvalue weighted by Crippen LogP contribution is 2.31. The van der Waals surface area contributed by atoms with Gasteiger partial charge in [-0.25, -0.2) is 0 Å². The smallest absolute Gasteiger partial charge is 0.00953 e. The lowest BCUT2D eigenvalue weighted by atomic mass is 9.94. The lowest BCUT2D eigenvalue weighted by Crippen LogP contribution is -2.37. The zero-order chi connectivity index (χ0) is 6.10. The number of nitrogens with one attached hydrogen (secondary N) is 1.